The van der Waals surface area contributed by atoms with Gasteiger partial charge in [-0.15, -0.1) is 0 Å². The first kappa shape index (κ1) is 19.6. The van der Waals surface area contributed by atoms with E-state index >= 15 is 0 Å². The number of amides is 1. The summed E-state index contributed by atoms with van der Waals surface area (Å²) in [6.07, 6.45) is 9.83. The highest BCUT2D eigenvalue weighted by molar-refractivity contribution is 5.92. The minimum Gasteiger partial charge on any atom is -0.508 e. The molecule has 3 fully saturated rings. The van der Waals surface area contributed by atoms with Gasteiger partial charge in [0.2, 0.25) is 5.89 Å². The Hall–Kier alpha value is -2.34. The molecule has 2 aromatic rings. The second-order valence-electron chi connectivity index (χ2n) is 9.86. The average Bonchev–Trinajstić information content (AvgIpc) is 3.28. The Morgan fingerprint density at radius 3 is 2.87 bits per heavy atom. The van der Waals surface area contributed by atoms with Crippen LogP contribution in [0.25, 0.3) is 0 Å². The van der Waals surface area contributed by atoms with Crippen molar-refractivity contribution in [2.75, 3.05) is 0 Å². The molecule has 6 heteroatoms. The third-order valence-corrected chi connectivity index (χ3v) is 8.08. The molecule has 0 saturated heterocycles. The molecule has 0 radical (unpaired) electrons. The average molecular weight is 410 g/mol. The number of phenols is 1. The maximum Gasteiger partial charge on any atom is 0.273 e. The number of nitrogens with one attached hydrogen (secondary N) is 1. The molecule has 3 saturated carbocycles. The van der Waals surface area contributed by atoms with Gasteiger partial charge in [0, 0.05) is 6.04 Å². The van der Waals surface area contributed by atoms with Gasteiger partial charge in [0.25, 0.3) is 5.91 Å². The molecule has 1 heterocycles. The van der Waals surface area contributed by atoms with Gasteiger partial charge in [0.1, 0.15) is 12.0 Å². The molecule has 6 atom stereocenters. The number of phenolic OH excluding ortho intramolecular Hbond substituents is 1. The van der Waals surface area contributed by atoms with E-state index in [9.17, 15) is 9.90 Å². The molecule has 6 unspecified atom stereocenters. The molecular weight excluding hydrogens is 378 g/mol. The Labute approximate surface area is 177 Å². The van der Waals surface area contributed by atoms with E-state index in [4.69, 9.17) is 10.2 Å². The minimum atomic E-state index is -0.448. The standard InChI is InChI=1S/C24H31N3O3/c1-14(24-7-6-16-8-17(12-24)10-18(24)9-16)26-22(29)21-13-30-23(27-21)20(25)11-15-2-4-19(28)5-3-15/h2-5,13-14,16-18,20,28H,6-12,25H2,1H3,(H,26,29). The van der Waals surface area contributed by atoms with E-state index in [2.05, 4.69) is 17.2 Å². The molecule has 6 nitrogen and oxygen atoms in total. The number of carbonyl (C=O) groups excluding carboxylic acids is 1. The van der Waals surface area contributed by atoms with Crippen LogP contribution in [0.2, 0.25) is 0 Å². The van der Waals surface area contributed by atoms with Crippen molar-refractivity contribution in [3.05, 3.63) is 47.7 Å². The van der Waals surface area contributed by atoms with Crippen molar-refractivity contribution in [2.45, 2.75) is 64.0 Å². The summed E-state index contributed by atoms with van der Waals surface area (Å²) in [7, 11) is 0. The summed E-state index contributed by atoms with van der Waals surface area (Å²) in [6.45, 7) is 2.18. The number of nitrogens with zero attached hydrogens (tertiary/aromatic N) is 1. The van der Waals surface area contributed by atoms with Gasteiger partial charge in [0.05, 0.1) is 6.04 Å². The number of benzene rings is 1. The van der Waals surface area contributed by atoms with Gasteiger partial charge in [-0.2, -0.15) is 0 Å². The van der Waals surface area contributed by atoms with Crippen LogP contribution in [0.5, 0.6) is 5.75 Å². The zero-order valence-electron chi connectivity index (χ0n) is 17.5. The van der Waals surface area contributed by atoms with E-state index in [1.807, 2.05) is 12.1 Å². The second kappa shape index (κ2) is 7.41. The van der Waals surface area contributed by atoms with Crippen molar-refractivity contribution in [3.8, 4) is 5.75 Å². The largest absolute Gasteiger partial charge is 0.508 e. The first-order valence-electron chi connectivity index (χ1n) is 11.2. The summed E-state index contributed by atoms with van der Waals surface area (Å²) < 4.78 is 5.53. The molecule has 0 spiro atoms. The summed E-state index contributed by atoms with van der Waals surface area (Å²) in [5, 5.41) is 12.7. The zero-order chi connectivity index (χ0) is 20.9. The topological polar surface area (TPSA) is 101 Å². The van der Waals surface area contributed by atoms with E-state index in [1.165, 1.54) is 44.8 Å². The van der Waals surface area contributed by atoms with Crippen LogP contribution in [0.1, 0.15) is 73.4 Å². The molecule has 1 amide bonds. The Morgan fingerprint density at radius 2 is 2.07 bits per heavy atom. The monoisotopic (exact) mass is 409 g/mol. The molecule has 0 aliphatic heterocycles. The second-order valence-corrected chi connectivity index (χ2v) is 9.86. The zero-order valence-corrected chi connectivity index (χ0v) is 17.5. The van der Waals surface area contributed by atoms with Crippen molar-refractivity contribution < 1.29 is 14.3 Å². The molecular formula is C24H31N3O3. The minimum absolute atomic E-state index is 0.143. The highest BCUT2D eigenvalue weighted by Crippen LogP contribution is 2.63. The van der Waals surface area contributed by atoms with Gasteiger partial charge in [0.15, 0.2) is 5.69 Å². The van der Waals surface area contributed by atoms with Gasteiger partial charge < -0.3 is 20.6 Å². The number of hydrogen-bond donors (Lipinski definition) is 3. The van der Waals surface area contributed by atoms with Crippen LogP contribution in [0.4, 0.5) is 0 Å². The highest BCUT2D eigenvalue weighted by atomic mass is 16.3. The fourth-order valence-corrected chi connectivity index (χ4v) is 6.62. The van der Waals surface area contributed by atoms with E-state index in [-0.39, 0.29) is 23.1 Å². The predicted molar refractivity (Wildman–Crippen MR) is 113 cm³/mol. The SMILES string of the molecule is CC(NC(=O)c1coc(C(N)Cc2ccc(O)cc2)n1)C12CCC3CC(CC1C3)C2. The number of aromatic nitrogens is 1. The lowest BCUT2D eigenvalue weighted by atomic mass is 9.61. The maximum atomic E-state index is 12.9. The third-order valence-electron chi connectivity index (χ3n) is 8.08. The predicted octanol–water partition coefficient (Wildman–Crippen LogP) is 3.96. The van der Waals surface area contributed by atoms with E-state index < -0.39 is 6.04 Å². The Kier molecular flexibility index (Phi) is 4.85. The molecule has 5 rings (SSSR count). The molecule has 3 aliphatic carbocycles. The van der Waals surface area contributed by atoms with Crippen molar-refractivity contribution in [1.82, 2.24) is 10.3 Å². The molecule has 30 heavy (non-hydrogen) atoms. The number of aromatic hydroxyl groups is 1. The van der Waals surface area contributed by atoms with E-state index in [0.29, 0.717) is 18.0 Å². The lowest BCUT2D eigenvalue weighted by Gasteiger charge is -2.46. The quantitative estimate of drug-likeness (QED) is 0.670. The van der Waals surface area contributed by atoms with Crippen molar-refractivity contribution in [3.63, 3.8) is 0 Å². The van der Waals surface area contributed by atoms with Gasteiger partial charge in [-0.25, -0.2) is 4.98 Å². The highest BCUT2D eigenvalue weighted by Gasteiger charge is 2.56. The normalized spacial score (nSPS) is 31.5. The van der Waals surface area contributed by atoms with Crippen LogP contribution in [-0.4, -0.2) is 22.0 Å². The smallest absolute Gasteiger partial charge is 0.273 e. The van der Waals surface area contributed by atoms with Gasteiger partial charge in [-0.3, -0.25) is 4.79 Å². The van der Waals surface area contributed by atoms with Crippen LogP contribution in [0.3, 0.4) is 0 Å². The Morgan fingerprint density at radius 1 is 1.30 bits per heavy atom. The first-order valence-corrected chi connectivity index (χ1v) is 11.2. The molecule has 1 aromatic carbocycles. The number of hydrogen-bond acceptors (Lipinski definition) is 5. The van der Waals surface area contributed by atoms with Crippen molar-refractivity contribution >= 4 is 5.91 Å². The Bertz CT molecular complexity index is 924. The fraction of sp³-hybridized carbons (Fsp3) is 0.583. The summed E-state index contributed by atoms with van der Waals surface area (Å²) >= 11 is 0. The first-order chi connectivity index (χ1) is 14.4. The summed E-state index contributed by atoms with van der Waals surface area (Å²) in [5.41, 5.74) is 7.76. The molecule has 1 aromatic heterocycles. The molecule has 3 bridgehead atoms. The third kappa shape index (κ3) is 3.41. The van der Waals surface area contributed by atoms with Crippen LogP contribution >= 0.6 is 0 Å². The van der Waals surface area contributed by atoms with Gasteiger partial charge in [-0.1, -0.05) is 12.1 Å². The fourth-order valence-electron chi connectivity index (χ4n) is 6.62. The Balaban J connectivity index is 1.24. The number of rotatable bonds is 6. The van der Waals surface area contributed by atoms with Crippen molar-refractivity contribution in [2.24, 2.45) is 28.9 Å². The number of fused-ring (bicyclic) bond motifs is 2. The number of carbonyl (C=O) groups is 1. The maximum absolute atomic E-state index is 12.9. The van der Waals surface area contributed by atoms with Crippen LogP contribution < -0.4 is 11.1 Å². The van der Waals surface area contributed by atoms with Crippen LogP contribution in [-0.2, 0) is 6.42 Å². The van der Waals surface area contributed by atoms with Crippen molar-refractivity contribution in [1.29, 1.82) is 0 Å². The molecule has 160 valence electrons. The van der Waals surface area contributed by atoms with Gasteiger partial charge in [-0.05, 0) is 92.7 Å². The van der Waals surface area contributed by atoms with Gasteiger partial charge >= 0.3 is 0 Å². The summed E-state index contributed by atoms with van der Waals surface area (Å²) in [5.74, 6) is 2.93. The lowest BCUT2D eigenvalue weighted by Crippen LogP contribution is -2.49. The van der Waals surface area contributed by atoms with E-state index in [1.54, 1.807) is 12.1 Å². The molecule has 3 aliphatic rings. The number of nitrogens with two attached hydrogens (primary N) is 1. The van der Waals surface area contributed by atoms with Crippen LogP contribution in [0.15, 0.2) is 34.9 Å². The van der Waals surface area contributed by atoms with E-state index in [0.717, 1.165) is 23.3 Å². The van der Waals surface area contributed by atoms with Crippen LogP contribution in [0, 0.1) is 23.2 Å². The summed E-state index contributed by atoms with van der Waals surface area (Å²) in [4.78, 5) is 17.3. The number of oxazole rings is 1. The molecule has 4 N–H and O–H groups in total. The lowest BCUT2D eigenvalue weighted by molar-refractivity contribution is 0.0519. The summed E-state index contributed by atoms with van der Waals surface area (Å²) in [6, 6.07) is 6.59.